The second-order valence-corrected chi connectivity index (χ2v) is 6.65. The Kier molecular flexibility index (Phi) is 3.72. The molecule has 0 bridgehead atoms. The molecule has 2 heterocycles. The van der Waals surface area contributed by atoms with Gasteiger partial charge in [0.1, 0.15) is 0 Å². The first-order valence-corrected chi connectivity index (χ1v) is 8.54. The summed E-state index contributed by atoms with van der Waals surface area (Å²) in [6, 6.07) is 12.6. The van der Waals surface area contributed by atoms with Crippen LogP contribution < -0.4 is 5.56 Å². The third-order valence-corrected chi connectivity index (χ3v) is 5.11. The number of H-pyrrole nitrogens is 1. The van der Waals surface area contributed by atoms with E-state index < -0.39 is 0 Å². The first kappa shape index (κ1) is 16.3. The molecule has 0 atom stereocenters. The van der Waals surface area contributed by atoms with E-state index >= 15 is 0 Å². The summed E-state index contributed by atoms with van der Waals surface area (Å²) in [5.74, 6) is -0.594. The third kappa shape index (κ3) is 2.44. The van der Waals surface area contributed by atoms with Crippen molar-refractivity contribution in [2.45, 2.75) is 20.3 Å². The SMILES string of the molecule is Cc1ccc2cc(CCN3C(=O)c4ccccc4C3=O)c(=O)[nH]c2c1C. The van der Waals surface area contributed by atoms with Crippen molar-refractivity contribution in [2.24, 2.45) is 0 Å². The lowest BCUT2D eigenvalue weighted by atomic mass is 10.0. The number of carbonyl (C=O) groups excluding carboxylic acids is 2. The van der Waals surface area contributed by atoms with Crippen molar-refractivity contribution in [3.8, 4) is 0 Å². The number of hydrogen-bond donors (Lipinski definition) is 1. The van der Waals surface area contributed by atoms with E-state index in [1.807, 2.05) is 32.0 Å². The van der Waals surface area contributed by atoms with Crippen LogP contribution in [0.25, 0.3) is 10.9 Å². The zero-order valence-corrected chi connectivity index (χ0v) is 14.6. The Morgan fingerprint density at radius 2 is 1.58 bits per heavy atom. The number of fused-ring (bicyclic) bond motifs is 2. The first-order chi connectivity index (χ1) is 12.5. The van der Waals surface area contributed by atoms with Gasteiger partial charge >= 0.3 is 0 Å². The number of carbonyl (C=O) groups is 2. The molecule has 2 amide bonds. The minimum Gasteiger partial charge on any atom is -0.321 e. The molecule has 0 saturated carbocycles. The quantitative estimate of drug-likeness (QED) is 0.741. The highest BCUT2D eigenvalue weighted by Crippen LogP contribution is 2.23. The molecule has 26 heavy (non-hydrogen) atoms. The van der Waals surface area contributed by atoms with Gasteiger partial charge in [0.25, 0.3) is 17.4 Å². The van der Waals surface area contributed by atoms with E-state index in [0.717, 1.165) is 22.0 Å². The molecule has 0 spiro atoms. The van der Waals surface area contributed by atoms with Crippen molar-refractivity contribution in [1.29, 1.82) is 0 Å². The number of aromatic nitrogens is 1. The van der Waals surface area contributed by atoms with Gasteiger partial charge in [-0.2, -0.15) is 0 Å². The second kappa shape index (κ2) is 5.95. The highest BCUT2D eigenvalue weighted by Gasteiger charge is 2.34. The zero-order chi connectivity index (χ0) is 18.4. The number of benzene rings is 2. The summed E-state index contributed by atoms with van der Waals surface area (Å²) in [4.78, 5) is 41.4. The van der Waals surface area contributed by atoms with Crippen molar-refractivity contribution in [2.75, 3.05) is 6.54 Å². The van der Waals surface area contributed by atoms with Gasteiger partial charge in [-0.1, -0.05) is 24.3 Å². The number of hydrogen-bond acceptors (Lipinski definition) is 3. The van der Waals surface area contributed by atoms with Crippen LogP contribution >= 0.6 is 0 Å². The number of aryl methyl sites for hydroxylation is 2. The molecule has 1 aliphatic heterocycles. The van der Waals surface area contributed by atoms with Crippen LogP contribution in [-0.2, 0) is 6.42 Å². The van der Waals surface area contributed by atoms with Crippen LogP contribution in [0.15, 0.2) is 47.3 Å². The molecule has 5 nitrogen and oxygen atoms in total. The molecule has 0 aliphatic carbocycles. The number of nitrogens with zero attached hydrogens (tertiary/aromatic N) is 1. The maximum atomic E-state index is 12.4. The van der Waals surface area contributed by atoms with Crippen molar-refractivity contribution in [3.63, 3.8) is 0 Å². The molecular weight excluding hydrogens is 328 g/mol. The molecule has 0 radical (unpaired) electrons. The van der Waals surface area contributed by atoms with Crippen LogP contribution in [0.1, 0.15) is 37.4 Å². The molecule has 4 rings (SSSR count). The average Bonchev–Trinajstić information content (AvgIpc) is 2.88. The van der Waals surface area contributed by atoms with E-state index in [4.69, 9.17) is 0 Å². The molecule has 0 fully saturated rings. The number of pyridine rings is 1. The van der Waals surface area contributed by atoms with E-state index in [-0.39, 0.29) is 23.9 Å². The largest absolute Gasteiger partial charge is 0.321 e. The van der Waals surface area contributed by atoms with E-state index in [1.165, 1.54) is 4.90 Å². The fourth-order valence-electron chi connectivity index (χ4n) is 3.43. The predicted octanol–water partition coefficient (Wildman–Crippen LogP) is 2.98. The molecule has 130 valence electrons. The minimum atomic E-state index is -0.297. The maximum Gasteiger partial charge on any atom is 0.261 e. The Morgan fingerprint density at radius 3 is 2.23 bits per heavy atom. The highest BCUT2D eigenvalue weighted by molar-refractivity contribution is 6.21. The standard InChI is InChI=1S/C21H18N2O3/c1-12-7-8-14-11-15(19(24)22-18(14)13(12)2)9-10-23-20(25)16-5-3-4-6-17(16)21(23)26/h3-8,11H,9-10H2,1-2H3,(H,22,24). The summed E-state index contributed by atoms with van der Waals surface area (Å²) < 4.78 is 0. The summed E-state index contributed by atoms with van der Waals surface area (Å²) in [5, 5.41) is 0.949. The van der Waals surface area contributed by atoms with Crippen molar-refractivity contribution in [1.82, 2.24) is 9.88 Å². The van der Waals surface area contributed by atoms with Gasteiger partial charge in [0.2, 0.25) is 0 Å². The predicted molar refractivity (Wildman–Crippen MR) is 99.6 cm³/mol. The number of aromatic amines is 1. The van der Waals surface area contributed by atoms with Crippen LogP contribution in [0, 0.1) is 13.8 Å². The van der Waals surface area contributed by atoms with Gasteiger partial charge < -0.3 is 4.98 Å². The topological polar surface area (TPSA) is 70.2 Å². The fourth-order valence-corrected chi connectivity index (χ4v) is 3.43. The van der Waals surface area contributed by atoms with Crippen LogP contribution in [0.5, 0.6) is 0 Å². The molecule has 1 aliphatic rings. The number of imide groups is 1. The molecule has 2 aromatic carbocycles. The summed E-state index contributed by atoms with van der Waals surface area (Å²) in [5.41, 5.74) is 4.24. The van der Waals surface area contributed by atoms with E-state index in [0.29, 0.717) is 23.1 Å². The lowest BCUT2D eigenvalue weighted by molar-refractivity contribution is 0.0656. The molecule has 1 N–H and O–H groups in total. The molecule has 1 aromatic heterocycles. The Labute approximate surface area is 150 Å². The zero-order valence-electron chi connectivity index (χ0n) is 14.6. The number of amides is 2. The minimum absolute atomic E-state index is 0.178. The van der Waals surface area contributed by atoms with Gasteiger partial charge in [0, 0.05) is 12.1 Å². The number of rotatable bonds is 3. The Morgan fingerprint density at radius 1 is 0.923 bits per heavy atom. The van der Waals surface area contributed by atoms with Crippen molar-refractivity contribution < 1.29 is 9.59 Å². The van der Waals surface area contributed by atoms with Crippen LogP contribution in [-0.4, -0.2) is 28.2 Å². The highest BCUT2D eigenvalue weighted by atomic mass is 16.2. The van der Waals surface area contributed by atoms with E-state index in [2.05, 4.69) is 4.98 Å². The van der Waals surface area contributed by atoms with Gasteiger partial charge in [-0.15, -0.1) is 0 Å². The summed E-state index contributed by atoms with van der Waals surface area (Å²) >= 11 is 0. The molecule has 0 saturated heterocycles. The Balaban J connectivity index is 1.62. The molecule has 0 unspecified atom stereocenters. The Hall–Kier alpha value is -3.21. The van der Waals surface area contributed by atoms with Gasteiger partial charge in [-0.25, -0.2) is 0 Å². The summed E-state index contributed by atoms with van der Waals surface area (Å²) in [7, 11) is 0. The lowest BCUT2D eigenvalue weighted by Crippen LogP contribution is -2.32. The van der Waals surface area contributed by atoms with Crippen LogP contribution in [0.2, 0.25) is 0 Å². The van der Waals surface area contributed by atoms with Gasteiger partial charge in [0.05, 0.1) is 16.6 Å². The van der Waals surface area contributed by atoms with E-state index in [1.54, 1.807) is 24.3 Å². The lowest BCUT2D eigenvalue weighted by Gasteiger charge is -2.14. The van der Waals surface area contributed by atoms with Crippen molar-refractivity contribution >= 4 is 22.7 Å². The van der Waals surface area contributed by atoms with Gasteiger partial charge in [-0.3, -0.25) is 19.3 Å². The first-order valence-electron chi connectivity index (χ1n) is 8.54. The van der Waals surface area contributed by atoms with Crippen molar-refractivity contribution in [3.05, 3.63) is 80.6 Å². The second-order valence-electron chi connectivity index (χ2n) is 6.65. The molecular formula is C21H18N2O3. The molecule has 5 heteroatoms. The van der Waals surface area contributed by atoms with Crippen LogP contribution in [0.4, 0.5) is 0 Å². The summed E-state index contributed by atoms with van der Waals surface area (Å²) in [6.45, 7) is 4.17. The summed E-state index contributed by atoms with van der Waals surface area (Å²) in [6.07, 6.45) is 0.323. The third-order valence-electron chi connectivity index (χ3n) is 5.11. The van der Waals surface area contributed by atoms with E-state index in [9.17, 15) is 14.4 Å². The monoisotopic (exact) mass is 346 g/mol. The van der Waals surface area contributed by atoms with Gasteiger partial charge in [-0.05, 0) is 55.0 Å². The normalized spacial score (nSPS) is 13.5. The smallest absolute Gasteiger partial charge is 0.261 e. The average molecular weight is 346 g/mol. The molecule has 3 aromatic rings. The Bertz CT molecular complexity index is 1090. The van der Waals surface area contributed by atoms with Gasteiger partial charge in [0.15, 0.2) is 0 Å². The van der Waals surface area contributed by atoms with Crippen LogP contribution in [0.3, 0.4) is 0 Å². The maximum absolute atomic E-state index is 12.4. The number of nitrogens with one attached hydrogen (secondary N) is 1. The fraction of sp³-hybridized carbons (Fsp3) is 0.190.